The fourth-order valence-corrected chi connectivity index (χ4v) is 2.07. The summed E-state index contributed by atoms with van der Waals surface area (Å²) in [5, 5.41) is 8.34. The van der Waals surface area contributed by atoms with Gasteiger partial charge in [-0.2, -0.15) is 10.2 Å². The molecule has 1 radical (unpaired) electrons. The third-order valence-electron chi connectivity index (χ3n) is 2.92. The zero-order chi connectivity index (χ0) is 11.6. The third kappa shape index (κ3) is 1.58. The lowest BCUT2D eigenvalue weighted by Gasteiger charge is -2.22. The van der Waals surface area contributed by atoms with Gasteiger partial charge in [-0.25, -0.2) is 0 Å². The monoisotopic (exact) mass is 219 g/mol. The summed E-state index contributed by atoms with van der Waals surface area (Å²) < 4.78 is 0. The topological polar surface area (TPSA) is 24.7 Å². The fourth-order valence-electron chi connectivity index (χ4n) is 2.07. The van der Waals surface area contributed by atoms with Gasteiger partial charge in [0.2, 0.25) is 0 Å². The maximum Gasteiger partial charge on any atom is 0.159 e. The van der Waals surface area contributed by atoms with Crippen LogP contribution in [0.5, 0.6) is 0 Å². The van der Waals surface area contributed by atoms with Crippen molar-refractivity contribution < 1.29 is 0 Å². The van der Waals surface area contributed by atoms with Crippen molar-refractivity contribution in [2.45, 2.75) is 5.54 Å². The molecule has 0 N–H and O–H groups in total. The van der Waals surface area contributed by atoms with Gasteiger partial charge >= 0.3 is 0 Å². The van der Waals surface area contributed by atoms with Crippen molar-refractivity contribution in [3.63, 3.8) is 0 Å². The van der Waals surface area contributed by atoms with E-state index in [-0.39, 0.29) is 0 Å². The van der Waals surface area contributed by atoms with Crippen LogP contribution < -0.4 is 0 Å². The van der Waals surface area contributed by atoms with Crippen LogP contribution in [0.3, 0.4) is 0 Å². The molecule has 0 spiro atoms. The first-order valence-electron chi connectivity index (χ1n) is 5.54. The van der Waals surface area contributed by atoms with E-state index >= 15 is 0 Å². The number of nitrogens with zero attached hydrogens (tertiary/aromatic N) is 2. The zero-order valence-corrected chi connectivity index (χ0v) is 9.25. The van der Waals surface area contributed by atoms with E-state index < -0.39 is 5.54 Å². The average molecular weight is 219 g/mol. The molecule has 0 bridgehead atoms. The van der Waals surface area contributed by atoms with Crippen LogP contribution in [-0.4, -0.2) is 0 Å². The van der Waals surface area contributed by atoms with Gasteiger partial charge in [-0.3, -0.25) is 0 Å². The van der Waals surface area contributed by atoms with Crippen molar-refractivity contribution in [3.05, 3.63) is 84.1 Å². The van der Waals surface area contributed by atoms with Gasteiger partial charge < -0.3 is 0 Å². The summed E-state index contributed by atoms with van der Waals surface area (Å²) in [5.41, 5.74) is 1.61. The molecule has 2 aromatic carbocycles. The minimum Gasteiger partial charge on any atom is -0.168 e. The lowest BCUT2D eigenvalue weighted by atomic mass is 9.84. The normalized spacial score (nSPS) is 16.2. The van der Waals surface area contributed by atoms with E-state index in [9.17, 15) is 0 Å². The molecule has 1 heterocycles. The van der Waals surface area contributed by atoms with Crippen LogP contribution in [0.25, 0.3) is 0 Å². The summed E-state index contributed by atoms with van der Waals surface area (Å²) in [5.74, 6) is 0. The van der Waals surface area contributed by atoms with E-state index in [2.05, 4.69) is 40.6 Å². The quantitative estimate of drug-likeness (QED) is 0.735. The molecular formula is C15H11N2. The summed E-state index contributed by atoms with van der Waals surface area (Å²) in [7, 11) is 0. The van der Waals surface area contributed by atoms with E-state index in [1.165, 1.54) is 0 Å². The van der Waals surface area contributed by atoms with Crippen LogP contribution in [0.4, 0.5) is 0 Å². The Labute approximate surface area is 100 Å². The highest BCUT2D eigenvalue weighted by Gasteiger charge is 2.34. The largest absolute Gasteiger partial charge is 0.168 e. The molecule has 0 unspecified atom stereocenters. The highest BCUT2D eigenvalue weighted by Crippen LogP contribution is 2.37. The van der Waals surface area contributed by atoms with Gasteiger partial charge in [-0.15, -0.1) is 0 Å². The fraction of sp³-hybridized carbons (Fsp3) is 0.0667. The van der Waals surface area contributed by atoms with E-state index in [1.807, 2.05) is 36.4 Å². The standard InChI is InChI=1S/C15H11N2/c1-3-7-13(8-4-1)15(11-12-16-17-15)14-9-5-2-6-10-14/h1-10,12H. The summed E-state index contributed by atoms with van der Waals surface area (Å²) in [6.07, 6.45) is 4.88. The van der Waals surface area contributed by atoms with Crippen LogP contribution in [-0.2, 0) is 5.54 Å². The molecule has 0 fully saturated rings. The molecule has 0 aliphatic carbocycles. The number of hydrogen-bond donors (Lipinski definition) is 0. The third-order valence-corrected chi connectivity index (χ3v) is 2.92. The maximum absolute atomic E-state index is 4.37. The number of benzene rings is 2. The number of azo groups is 1. The maximum atomic E-state index is 4.37. The summed E-state index contributed by atoms with van der Waals surface area (Å²) >= 11 is 0. The van der Waals surface area contributed by atoms with Gasteiger partial charge in [0.15, 0.2) is 5.54 Å². The summed E-state index contributed by atoms with van der Waals surface area (Å²) in [6, 6.07) is 20.2. The highest BCUT2D eigenvalue weighted by atomic mass is 15.2. The molecule has 1 aliphatic heterocycles. The van der Waals surface area contributed by atoms with Crippen molar-refractivity contribution in [2.75, 3.05) is 0 Å². The Morgan fingerprint density at radius 3 is 1.71 bits per heavy atom. The summed E-state index contributed by atoms with van der Waals surface area (Å²) in [6.45, 7) is 0. The van der Waals surface area contributed by atoms with E-state index in [4.69, 9.17) is 0 Å². The predicted octanol–water partition coefficient (Wildman–Crippen LogP) is 3.71. The Morgan fingerprint density at radius 1 is 0.765 bits per heavy atom. The van der Waals surface area contributed by atoms with Crippen molar-refractivity contribution in [3.8, 4) is 0 Å². The first kappa shape index (κ1) is 9.97. The molecule has 0 saturated heterocycles. The van der Waals surface area contributed by atoms with Gasteiger partial charge in [-0.1, -0.05) is 60.7 Å². The van der Waals surface area contributed by atoms with Crippen molar-refractivity contribution in [1.82, 2.24) is 0 Å². The van der Waals surface area contributed by atoms with Gasteiger partial charge in [0.25, 0.3) is 0 Å². The van der Waals surface area contributed by atoms with Gasteiger partial charge in [-0.05, 0) is 11.1 Å². The molecule has 1 aliphatic rings. The molecule has 81 valence electrons. The second-order valence-electron chi connectivity index (χ2n) is 3.93. The molecule has 0 amide bonds. The van der Waals surface area contributed by atoms with Crippen LogP contribution in [0.2, 0.25) is 0 Å². The van der Waals surface area contributed by atoms with Crippen LogP contribution in [0, 0.1) is 6.08 Å². The Bertz CT molecular complexity index is 502. The lowest BCUT2D eigenvalue weighted by molar-refractivity contribution is 0.653. The second-order valence-corrected chi connectivity index (χ2v) is 3.93. The van der Waals surface area contributed by atoms with Crippen molar-refractivity contribution in [2.24, 2.45) is 10.2 Å². The molecule has 3 rings (SSSR count). The van der Waals surface area contributed by atoms with Crippen molar-refractivity contribution >= 4 is 0 Å². The lowest BCUT2D eigenvalue weighted by Crippen LogP contribution is -2.20. The van der Waals surface area contributed by atoms with Crippen LogP contribution in [0.15, 0.2) is 77.1 Å². The molecule has 2 aromatic rings. The smallest absolute Gasteiger partial charge is 0.159 e. The van der Waals surface area contributed by atoms with E-state index in [0.717, 1.165) is 11.1 Å². The first-order chi connectivity index (χ1) is 8.42. The molecule has 2 nitrogen and oxygen atoms in total. The van der Waals surface area contributed by atoms with Crippen LogP contribution in [0.1, 0.15) is 11.1 Å². The average Bonchev–Trinajstić information content (AvgIpc) is 2.91. The Hall–Kier alpha value is -2.22. The van der Waals surface area contributed by atoms with Gasteiger partial charge in [0, 0.05) is 6.08 Å². The van der Waals surface area contributed by atoms with Gasteiger partial charge in [0.05, 0.1) is 6.20 Å². The Kier molecular flexibility index (Phi) is 2.33. The molecular weight excluding hydrogens is 208 g/mol. The molecule has 17 heavy (non-hydrogen) atoms. The molecule has 0 atom stereocenters. The van der Waals surface area contributed by atoms with E-state index in [0.29, 0.717) is 0 Å². The summed E-state index contributed by atoms with van der Waals surface area (Å²) in [4.78, 5) is 0. The SMILES string of the molecule is [C]1=CN=NC1(c1ccccc1)c1ccccc1. The predicted molar refractivity (Wildman–Crippen MR) is 66.3 cm³/mol. The first-order valence-corrected chi connectivity index (χ1v) is 5.54. The van der Waals surface area contributed by atoms with Crippen LogP contribution >= 0.6 is 0 Å². The zero-order valence-electron chi connectivity index (χ0n) is 9.25. The molecule has 0 saturated carbocycles. The minimum absolute atomic E-state index is 0.567. The Morgan fingerprint density at radius 2 is 1.29 bits per heavy atom. The second kappa shape index (κ2) is 3.98. The minimum atomic E-state index is -0.567. The number of rotatable bonds is 2. The number of hydrogen-bond acceptors (Lipinski definition) is 2. The highest BCUT2D eigenvalue weighted by molar-refractivity contribution is 5.42. The van der Waals surface area contributed by atoms with Gasteiger partial charge in [0.1, 0.15) is 0 Å². The molecule has 0 aromatic heterocycles. The van der Waals surface area contributed by atoms with Crippen molar-refractivity contribution in [1.29, 1.82) is 0 Å². The van der Waals surface area contributed by atoms with E-state index in [1.54, 1.807) is 6.20 Å². The molecule has 2 heteroatoms. The Balaban J connectivity index is 2.19.